The summed E-state index contributed by atoms with van der Waals surface area (Å²) in [6, 6.07) is 12.6. The minimum absolute atomic E-state index is 0.0375. The number of sulfonamides is 1. The highest BCUT2D eigenvalue weighted by Crippen LogP contribution is 2.16. The average molecular weight is 334 g/mol. The van der Waals surface area contributed by atoms with E-state index in [1.165, 1.54) is 19.2 Å². The highest BCUT2D eigenvalue weighted by Gasteiger charge is 2.17. The number of rotatable bonds is 5. The van der Waals surface area contributed by atoms with E-state index in [2.05, 4.69) is 5.32 Å². The number of amides is 2. The molecule has 0 unspecified atom stereocenters. The van der Waals surface area contributed by atoms with Gasteiger partial charge in [0.1, 0.15) is 5.75 Å². The van der Waals surface area contributed by atoms with E-state index in [4.69, 9.17) is 4.74 Å². The molecule has 0 aliphatic heterocycles. The zero-order valence-corrected chi connectivity index (χ0v) is 13.7. The fraction of sp³-hybridized carbons (Fsp3) is 0.188. The van der Waals surface area contributed by atoms with E-state index < -0.39 is 16.1 Å². The molecule has 0 bridgehead atoms. The molecule has 0 saturated carbocycles. The Labute approximate surface area is 135 Å². The van der Waals surface area contributed by atoms with Crippen molar-refractivity contribution >= 4 is 16.1 Å². The maximum atomic E-state index is 12.1. The van der Waals surface area contributed by atoms with Crippen molar-refractivity contribution in [3.05, 3.63) is 59.7 Å². The predicted molar refractivity (Wildman–Crippen MR) is 86.7 cm³/mol. The number of para-hydroxylation sites is 1. The lowest BCUT2D eigenvalue weighted by Crippen LogP contribution is -2.39. The average Bonchev–Trinajstić information content (AvgIpc) is 2.53. The first-order valence-electron chi connectivity index (χ1n) is 6.91. The van der Waals surface area contributed by atoms with Gasteiger partial charge in [-0.05, 0) is 25.1 Å². The third kappa shape index (κ3) is 4.46. The summed E-state index contributed by atoms with van der Waals surface area (Å²) in [5.41, 5.74) is 1.68. The summed E-state index contributed by atoms with van der Waals surface area (Å²) in [5.74, 6) is 0.620. The number of benzene rings is 2. The number of carbonyl (C=O) groups is 1. The van der Waals surface area contributed by atoms with Crippen molar-refractivity contribution in [1.82, 2.24) is 10.0 Å². The second-order valence-electron chi connectivity index (χ2n) is 4.91. The van der Waals surface area contributed by atoms with Gasteiger partial charge in [0.2, 0.25) is 0 Å². The molecule has 2 aromatic carbocycles. The monoisotopic (exact) mass is 334 g/mol. The Bertz CT molecular complexity index is 786. The molecule has 0 aliphatic carbocycles. The van der Waals surface area contributed by atoms with Gasteiger partial charge in [0.15, 0.2) is 0 Å². The highest BCUT2D eigenvalue weighted by molar-refractivity contribution is 7.90. The van der Waals surface area contributed by atoms with Crippen LogP contribution in [0.3, 0.4) is 0 Å². The molecule has 0 atom stereocenters. The summed E-state index contributed by atoms with van der Waals surface area (Å²) in [6.07, 6.45) is 0. The Morgan fingerprint density at radius 1 is 1.09 bits per heavy atom. The molecule has 23 heavy (non-hydrogen) atoms. The van der Waals surface area contributed by atoms with Crippen LogP contribution in [0.15, 0.2) is 53.4 Å². The minimum atomic E-state index is -3.89. The Balaban J connectivity index is 2.00. The van der Waals surface area contributed by atoms with Crippen molar-refractivity contribution < 1.29 is 17.9 Å². The molecule has 2 aromatic rings. The molecule has 2 amide bonds. The molecule has 0 aromatic heterocycles. The van der Waals surface area contributed by atoms with Crippen molar-refractivity contribution in [1.29, 1.82) is 0 Å². The van der Waals surface area contributed by atoms with Crippen LogP contribution >= 0.6 is 0 Å². The molecule has 0 spiro atoms. The Morgan fingerprint density at radius 2 is 1.74 bits per heavy atom. The van der Waals surface area contributed by atoms with Crippen molar-refractivity contribution in [2.45, 2.75) is 18.4 Å². The van der Waals surface area contributed by atoms with Gasteiger partial charge in [-0.2, -0.15) is 0 Å². The van der Waals surface area contributed by atoms with Crippen molar-refractivity contribution in [3.8, 4) is 5.75 Å². The van der Waals surface area contributed by atoms with Crippen molar-refractivity contribution in [2.24, 2.45) is 0 Å². The van der Waals surface area contributed by atoms with Gasteiger partial charge >= 0.3 is 6.03 Å². The molecular weight excluding hydrogens is 316 g/mol. The van der Waals surface area contributed by atoms with Gasteiger partial charge in [0.05, 0.1) is 12.0 Å². The predicted octanol–water partition coefficient (Wildman–Crippen LogP) is 2.19. The number of methoxy groups -OCH3 is 1. The second kappa shape index (κ2) is 7.15. The van der Waals surface area contributed by atoms with E-state index >= 15 is 0 Å². The molecule has 0 fully saturated rings. The van der Waals surface area contributed by atoms with E-state index in [-0.39, 0.29) is 11.4 Å². The van der Waals surface area contributed by atoms with E-state index in [1.54, 1.807) is 30.3 Å². The summed E-state index contributed by atoms with van der Waals surface area (Å²) in [5, 5.41) is 2.50. The van der Waals surface area contributed by atoms with Crippen LogP contribution < -0.4 is 14.8 Å². The Morgan fingerprint density at radius 3 is 2.39 bits per heavy atom. The van der Waals surface area contributed by atoms with Crippen molar-refractivity contribution in [3.63, 3.8) is 0 Å². The van der Waals surface area contributed by atoms with Gasteiger partial charge in [-0.25, -0.2) is 17.9 Å². The van der Waals surface area contributed by atoms with E-state index in [9.17, 15) is 13.2 Å². The van der Waals surface area contributed by atoms with Gasteiger partial charge in [-0.1, -0.05) is 35.9 Å². The summed E-state index contributed by atoms with van der Waals surface area (Å²) >= 11 is 0. The molecule has 0 aliphatic rings. The molecule has 0 radical (unpaired) electrons. The maximum Gasteiger partial charge on any atom is 0.328 e. The van der Waals surface area contributed by atoms with Gasteiger partial charge in [-0.15, -0.1) is 0 Å². The molecule has 6 nitrogen and oxygen atoms in total. The molecule has 2 N–H and O–H groups in total. The fourth-order valence-electron chi connectivity index (χ4n) is 1.96. The van der Waals surface area contributed by atoms with Crippen LogP contribution in [0.25, 0.3) is 0 Å². The van der Waals surface area contributed by atoms with Crippen LogP contribution in [0.5, 0.6) is 5.75 Å². The quantitative estimate of drug-likeness (QED) is 0.878. The number of hydrogen-bond donors (Lipinski definition) is 2. The molecule has 7 heteroatoms. The Hall–Kier alpha value is -2.54. The molecular formula is C16H18N2O4S. The van der Waals surface area contributed by atoms with Crippen LogP contribution in [0, 0.1) is 6.92 Å². The first kappa shape index (κ1) is 16.8. The largest absolute Gasteiger partial charge is 0.496 e. The molecule has 0 heterocycles. The number of nitrogens with one attached hydrogen (secondary N) is 2. The van der Waals surface area contributed by atoms with Gasteiger partial charge in [0.25, 0.3) is 10.0 Å². The van der Waals surface area contributed by atoms with Crippen LogP contribution in [0.2, 0.25) is 0 Å². The fourth-order valence-corrected chi connectivity index (χ4v) is 2.89. The number of hydrogen-bond acceptors (Lipinski definition) is 4. The van der Waals surface area contributed by atoms with Crippen LogP contribution in [-0.4, -0.2) is 21.6 Å². The zero-order valence-electron chi connectivity index (χ0n) is 12.9. The molecule has 122 valence electrons. The summed E-state index contributed by atoms with van der Waals surface area (Å²) in [6.45, 7) is 2.00. The maximum absolute atomic E-state index is 12.1. The SMILES string of the molecule is COc1ccccc1CNC(=O)NS(=O)(=O)c1ccc(C)cc1. The number of aryl methyl sites for hydroxylation is 1. The number of urea groups is 1. The molecule has 2 rings (SSSR count). The van der Waals surface area contributed by atoms with Gasteiger partial charge < -0.3 is 10.1 Å². The number of carbonyl (C=O) groups excluding carboxylic acids is 1. The summed E-state index contributed by atoms with van der Waals surface area (Å²) in [4.78, 5) is 11.9. The smallest absolute Gasteiger partial charge is 0.328 e. The third-order valence-corrected chi connectivity index (χ3v) is 4.54. The standard InChI is InChI=1S/C16H18N2O4S/c1-12-7-9-14(10-8-12)23(20,21)18-16(19)17-11-13-5-3-4-6-15(13)22-2/h3-10H,11H2,1-2H3,(H2,17,18,19). The van der Waals surface area contributed by atoms with Gasteiger partial charge in [-0.3, -0.25) is 0 Å². The lowest BCUT2D eigenvalue weighted by molar-refractivity contribution is 0.245. The van der Waals surface area contributed by atoms with E-state index in [0.717, 1.165) is 11.1 Å². The highest BCUT2D eigenvalue weighted by atomic mass is 32.2. The topological polar surface area (TPSA) is 84.5 Å². The summed E-state index contributed by atoms with van der Waals surface area (Å²) < 4.78 is 31.3. The minimum Gasteiger partial charge on any atom is -0.496 e. The van der Waals surface area contributed by atoms with Crippen molar-refractivity contribution in [2.75, 3.05) is 7.11 Å². The third-order valence-electron chi connectivity index (χ3n) is 3.19. The lowest BCUT2D eigenvalue weighted by atomic mass is 10.2. The molecule has 0 saturated heterocycles. The van der Waals surface area contributed by atoms with E-state index in [0.29, 0.717) is 5.75 Å². The first-order valence-corrected chi connectivity index (χ1v) is 8.40. The normalized spacial score (nSPS) is 10.9. The lowest BCUT2D eigenvalue weighted by Gasteiger charge is -2.11. The first-order chi connectivity index (χ1) is 10.9. The van der Waals surface area contributed by atoms with E-state index in [1.807, 2.05) is 17.7 Å². The van der Waals surface area contributed by atoms with Crippen LogP contribution in [-0.2, 0) is 16.6 Å². The zero-order chi connectivity index (χ0) is 16.9. The number of ether oxygens (including phenoxy) is 1. The Kier molecular flexibility index (Phi) is 5.23. The van der Waals surface area contributed by atoms with Crippen LogP contribution in [0.1, 0.15) is 11.1 Å². The van der Waals surface area contributed by atoms with Crippen LogP contribution in [0.4, 0.5) is 4.79 Å². The summed E-state index contributed by atoms with van der Waals surface area (Å²) in [7, 11) is -2.36. The van der Waals surface area contributed by atoms with Gasteiger partial charge in [0, 0.05) is 12.1 Å². The second-order valence-corrected chi connectivity index (χ2v) is 6.60.